The van der Waals surface area contributed by atoms with Crippen molar-refractivity contribution in [3.63, 3.8) is 0 Å². The van der Waals surface area contributed by atoms with E-state index in [0.717, 1.165) is 24.3 Å². The highest BCUT2D eigenvalue weighted by molar-refractivity contribution is 7.12. The second-order valence-electron chi connectivity index (χ2n) is 3.78. The molecular formula is C12H20N4OS. The predicted octanol–water partition coefficient (Wildman–Crippen LogP) is 1.18. The highest BCUT2D eigenvalue weighted by atomic mass is 32.1. The zero-order valence-electron chi connectivity index (χ0n) is 10.6. The number of amides is 1. The minimum absolute atomic E-state index is 0.0161. The van der Waals surface area contributed by atoms with Gasteiger partial charge < -0.3 is 16.4 Å². The molecule has 0 saturated carbocycles. The number of nitrogens with zero attached hydrogens (tertiary/aromatic N) is 1. The Morgan fingerprint density at radius 2 is 2.22 bits per heavy atom. The second-order valence-corrected chi connectivity index (χ2v) is 4.73. The van der Waals surface area contributed by atoms with Crippen LogP contribution < -0.4 is 16.4 Å². The number of aliphatic imine (C=N–C) groups is 1. The number of thiophene rings is 1. The first-order chi connectivity index (χ1) is 8.74. The zero-order valence-corrected chi connectivity index (χ0v) is 11.4. The summed E-state index contributed by atoms with van der Waals surface area (Å²) in [7, 11) is 0. The number of hydrogen-bond acceptors (Lipinski definition) is 3. The number of carbonyl (C=O) groups excluding carboxylic acids is 1. The summed E-state index contributed by atoms with van der Waals surface area (Å²) in [6, 6.07) is 3.68. The van der Waals surface area contributed by atoms with E-state index >= 15 is 0 Å². The lowest BCUT2D eigenvalue weighted by atomic mass is 10.4. The van der Waals surface area contributed by atoms with E-state index in [1.54, 1.807) is 0 Å². The van der Waals surface area contributed by atoms with Crippen molar-refractivity contribution in [1.29, 1.82) is 0 Å². The van der Waals surface area contributed by atoms with Crippen molar-refractivity contribution in [2.45, 2.75) is 19.8 Å². The minimum Gasteiger partial charge on any atom is -0.370 e. The van der Waals surface area contributed by atoms with Gasteiger partial charge in [0.25, 0.3) is 5.91 Å². The van der Waals surface area contributed by atoms with Gasteiger partial charge in [0, 0.05) is 19.6 Å². The summed E-state index contributed by atoms with van der Waals surface area (Å²) in [4.78, 5) is 16.4. The van der Waals surface area contributed by atoms with Crippen molar-refractivity contribution in [3.8, 4) is 0 Å². The van der Waals surface area contributed by atoms with Crippen LogP contribution in [0.4, 0.5) is 0 Å². The van der Waals surface area contributed by atoms with Gasteiger partial charge in [-0.3, -0.25) is 9.79 Å². The zero-order chi connectivity index (χ0) is 13.2. The van der Waals surface area contributed by atoms with Crippen LogP contribution in [0.15, 0.2) is 22.5 Å². The van der Waals surface area contributed by atoms with Gasteiger partial charge in [0.15, 0.2) is 5.96 Å². The summed E-state index contributed by atoms with van der Waals surface area (Å²) in [5.41, 5.74) is 5.63. The van der Waals surface area contributed by atoms with Crippen LogP contribution in [-0.2, 0) is 0 Å². The highest BCUT2D eigenvalue weighted by Crippen LogP contribution is 2.07. The average Bonchev–Trinajstić information content (AvgIpc) is 2.89. The molecule has 0 aromatic carbocycles. The quantitative estimate of drug-likeness (QED) is 0.395. The molecule has 0 saturated heterocycles. The molecule has 0 aliphatic heterocycles. The molecule has 0 aliphatic carbocycles. The van der Waals surface area contributed by atoms with Crippen molar-refractivity contribution in [2.24, 2.45) is 10.7 Å². The molecule has 1 heterocycles. The second kappa shape index (κ2) is 8.52. The molecule has 1 aromatic rings. The first-order valence-electron chi connectivity index (χ1n) is 6.09. The molecule has 5 nitrogen and oxygen atoms in total. The smallest absolute Gasteiger partial charge is 0.261 e. The summed E-state index contributed by atoms with van der Waals surface area (Å²) < 4.78 is 0. The van der Waals surface area contributed by atoms with Crippen LogP contribution in [0.1, 0.15) is 29.4 Å². The Morgan fingerprint density at radius 3 is 2.89 bits per heavy atom. The normalized spacial score (nSPS) is 11.3. The molecule has 4 N–H and O–H groups in total. The van der Waals surface area contributed by atoms with Gasteiger partial charge in [-0.05, 0) is 24.3 Å². The fraction of sp³-hybridized carbons (Fsp3) is 0.500. The minimum atomic E-state index is -0.0161. The molecule has 0 atom stereocenters. The third kappa shape index (κ3) is 5.67. The summed E-state index contributed by atoms with van der Waals surface area (Å²) in [6.45, 7) is 4.14. The van der Waals surface area contributed by atoms with E-state index < -0.39 is 0 Å². The van der Waals surface area contributed by atoms with E-state index in [9.17, 15) is 4.79 Å². The van der Waals surface area contributed by atoms with E-state index in [4.69, 9.17) is 5.73 Å². The molecule has 1 amide bonds. The lowest BCUT2D eigenvalue weighted by Crippen LogP contribution is -2.34. The Labute approximate surface area is 111 Å². The topological polar surface area (TPSA) is 79.5 Å². The van der Waals surface area contributed by atoms with Crippen LogP contribution in [0.25, 0.3) is 0 Å². The van der Waals surface area contributed by atoms with Crippen molar-refractivity contribution >= 4 is 23.2 Å². The molecule has 100 valence electrons. The van der Waals surface area contributed by atoms with E-state index in [2.05, 4.69) is 22.5 Å². The van der Waals surface area contributed by atoms with Crippen molar-refractivity contribution in [2.75, 3.05) is 19.6 Å². The molecule has 6 heteroatoms. The van der Waals surface area contributed by atoms with Gasteiger partial charge in [-0.1, -0.05) is 13.0 Å². The largest absolute Gasteiger partial charge is 0.370 e. The molecule has 18 heavy (non-hydrogen) atoms. The monoisotopic (exact) mass is 268 g/mol. The van der Waals surface area contributed by atoms with Crippen LogP contribution in [0.2, 0.25) is 0 Å². The number of nitrogens with one attached hydrogen (secondary N) is 2. The Bertz CT molecular complexity index is 375. The van der Waals surface area contributed by atoms with Gasteiger partial charge in [-0.2, -0.15) is 0 Å². The molecule has 0 fully saturated rings. The number of guanidine groups is 1. The molecule has 0 bridgehead atoms. The summed E-state index contributed by atoms with van der Waals surface area (Å²) in [5.74, 6) is 0.457. The maximum atomic E-state index is 11.6. The number of hydrogen-bond donors (Lipinski definition) is 3. The van der Waals surface area contributed by atoms with Gasteiger partial charge in [-0.15, -0.1) is 11.3 Å². The van der Waals surface area contributed by atoms with Gasteiger partial charge in [0.2, 0.25) is 0 Å². The molecule has 1 aromatic heterocycles. The Hall–Kier alpha value is -1.56. The third-order valence-corrected chi connectivity index (χ3v) is 3.06. The van der Waals surface area contributed by atoms with Crippen LogP contribution in [0, 0.1) is 0 Å². The molecule has 0 unspecified atom stereocenters. The van der Waals surface area contributed by atoms with E-state index in [-0.39, 0.29) is 5.91 Å². The molecule has 0 aliphatic rings. The van der Waals surface area contributed by atoms with Crippen LogP contribution in [-0.4, -0.2) is 31.5 Å². The molecule has 0 spiro atoms. The Balaban J connectivity index is 2.07. The Kier molecular flexibility index (Phi) is 6.86. The Morgan fingerprint density at radius 1 is 1.44 bits per heavy atom. The van der Waals surface area contributed by atoms with Crippen LogP contribution in [0.5, 0.6) is 0 Å². The lowest BCUT2D eigenvalue weighted by molar-refractivity contribution is 0.0957. The van der Waals surface area contributed by atoms with Crippen molar-refractivity contribution in [3.05, 3.63) is 22.4 Å². The van der Waals surface area contributed by atoms with Gasteiger partial charge in [0.05, 0.1) is 4.88 Å². The number of nitrogens with two attached hydrogens (primary N) is 1. The maximum Gasteiger partial charge on any atom is 0.261 e. The fourth-order valence-electron chi connectivity index (χ4n) is 1.29. The first-order valence-corrected chi connectivity index (χ1v) is 6.97. The van der Waals surface area contributed by atoms with Crippen LogP contribution in [0.3, 0.4) is 0 Å². The maximum absolute atomic E-state index is 11.6. The first kappa shape index (κ1) is 14.5. The van der Waals surface area contributed by atoms with Gasteiger partial charge in [-0.25, -0.2) is 0 Å². The summed E-state index contributed by atoms with van der Waals surface area (Å²) in [5, 5.41) is 7.75. The summed E-state index contributed by atoms with van der Waals surface area (Å²) in [6.07, 6.45) is 1.80. The fourth-order valence-corrected chi connectivity index (χ4v) is 1.93. The summed E-state index contributed by atoms with van der Waals surface area (Å²) >= 11 is 1.44. The molecule has 1 rings (SSSR count). The standard InChI is InChI=1S/C12H20N4OS/c1-2-6-15-12(13)16-8-4-7-14-11(17)10-5-3-9-18-10/h3,5,9H,2,4,6-8H2,1H3,(H,14,17)(H3,13,15,16). The van der Waals surface area contributed by atoms with Crippen LogP contribution >= 0.6 is 11.3 Å². The lowest BCUT2D eigenvalue weighted by Gasteiger charge is -2.06. The highest BCUT2D eigenvalue weighted by Gasteiger charge is 2.04. The number of rotatable bonds is 7. The molecule has 0 radical (unpaired) electrons. The van der Waals surface area contributed by atoms with E-state index in [1.807, 2.05) is 17.5 Å². The molecular weight excluding hydrogens is 248 g/mol. The number of carbonyl (C=O) groups is 1. The van der Waals surface area contributed by atoms with E-state index in [0.29, 0.717) is 19.0 Å². The van der Waals surface area contributed by atoms with Gasteiger partial charge >= 0.3 is 0 Å². The van der Waals surface area contributed by atoms with E-state index in [1.165, 1.54) is 11.3 Å². The third-order valence-electron chi connectivity index (χ3n) is 2.20. The SMILES string of the molecule is CCCN=C(N)NCCCNC(=O)c1cccs1. The van der Waals surface area contributed by atoms with Crippen molar-refractivity contribution in [1.82, 2.24) is 10.6 Å². The predicted molar refractivity (Wildman–Crippen MR) is 76.1 cm³/mol. The average molecular weight is 268 g/mol. The van der Waals surface area contributed by atoms with Gasteiger partial charge in [0.1, 0.15) is 0 Å². The van der Waals surface area contributed by atoms with Crippen molar-refractivity contribution < 1.29 is 4.79 Å².